The molecule has 1 amide bonds. The van der Waals surface area contributed by atoms with E-state index < -0.39 is 0 Å². The Kier molecular flexibility index (Phi) is 7.11. The quantitative estimate of drug-likeness (QED) is 0.478. The van der Waals surface area contributed by atoms with E-state index in [1.807, 2.05) is 11.9 Å². The number of rotatable bonds is 9. The molecule has 35 heavy (non-hydrogen) atoms. The number of anilines is 2. The maximum absolute atomic E-state index is 12.8. The molecule has 2 N–H and O–H groups in total. The third-order valence-corrected chi connectivity index (χ3v) is 5.92. The van der Waals surface area contributed by atoms with Gasteiger partial charge in [0.15, 0.2) is 5.82 Å². The Bertz CT molecular complexity index is 1200. The second-order valence-corrected chi connectivity index (χ2v) is 9.02. The molecule has 0 aliphatic heterocycles. The zero-order valence-electron chi connectivity index (χ0n) is 20.4. The van der Waals surface area contributed by atoms with Crippen LogP contribution in [0.15, 0.2) is 36.7 Å². The van der Waals surface area contributed by atoms with Crippen molar-refractivity contribution in [2.45, 2.75) is 32.1 Å². The summed E-state index contributed by atoms with van der Waals surface area (Å²) in [4.78, 5) is 32.9. The van der Waals surface area contributed by atoms with Crippen molar-refractivity contribution in [1.29, 1.82) is 0 Å². The molecule has 1 aliphatic carbocycles. The van der Waals surface area contributed by atoms with E-state index in [-0.39, 0.29) is 31.1 Å². The van der Waals surface area contributed by atoms with Crippen LogP contribution in [-0.4, -0.2) is 64.9 Å². The monoisotopic (exact) mass is 478 g/mol. The Balaban J connectivity index is 1.61. The van der Waals surface area contributed by atoms with E-state index in [2.05, 4.69) is 29.1 Å². The van der Waals surface area contributed by atoms with Crippen LogP contribution >= 0.6 is 0 Å². The first-order valence-electron chi connectivity index (χ1n) is 11.4. The van der Waals surface area contributed by atoms with Gasteiger partial charge in [-0.15, -0.1) is 0 Å². The predicted molar refractivity (Wildman–Crippen MR) is 132 cm³/mol. The number of carbonyl (C=O) groups excluding carboxylic acids is 1. The first-order chi connectivity index (χ1) is 16.8. The van der Waals surface area contributed by atoms with Gasteiger partial charge in [0, 0.05) is 30.9 Å². The fraction of sp³-hybridized carbons (Fsp3) is 0.400. The van der Waals surface area contributed by atoms with Gasteiger partial charge < -0.3 is 24.8 Å². The number of methoxy groups -OCH3 is 1. The Morgan fingerprint density at radius 2 is 2.06 bits per heavy atom. The summed E-state index contributed by atoms with van der Waals surface area (Å²) in [6.45, 7) is 4.55. The lowest BCUT2D eigenvalue weighted by molar-refractivity contribution is -0.114. The molecule has 1 aliphatic rings. The predicted octanol–water partition coefficient (Wildman–Crippen LogP) is 2.61. The molecule has 0 saturated heterocycles. The average Bonchev–Trinajstić information content (AvgIpc) is 3.17. The minimum atomic E-state index is -0.193. The van der Waals surface area contributed by atoms with E-state index in [1.54, 1.807) is 43.8 Å². The third-order valence-electron chi connectivity index (χ3n) is 5.92. The van der Waals surface area contributed by atoms with Crippen molar-refractivity contribution in [3.63, 3.8) is 0 Å². The molecule has 0 bridgehead atoms. The van der Waals surface area contributed by atoms with Crippen molar-refractivity contribution in [3.8, 4) is 23.1 Å². The van der Waals surface area contributed by atoms with Crippen molar-refractivity contribution in [3.05, 3.63) is 47.9 Å². The highest BCUT2D eigenvalue weighted by molar-refractivity contribution is 5.94. The lowest BCUT2D eigenvalue weighted by atomic mass is 9.87. The summed E-state index contributed by atoms with van der Waals surface area (Å²) < 4.78 is 10.6. The summed E-state index contributed by atoms with van der Waals surface area (Å²) in [5, 5.41) is 11.9. The van der Waals surface area contributed by atoms with Crippen molar-refractivity contribution in [2.75, 3.05) is 44.1 Å². The maximum atomic E-state index is 12.8. The molecule has 3 heterocycles. The van der Waals surface area contributed by atoms with Crippen LogP contribution in [0.4, 0.5) is 11.5 Å². The number of aliphatic hydroxyl groups excluding tert-OH is 1. The number of hydrogen-bond donors (Lipinski definition) is 2. The van der Waals surface area contributed by atoms with Gasteiger partial charge in [-0.1, -0.05) is 13.8 Å². The van der Waals surface area contributed by atoms with Crippen LogP contribution in [0, 0.1) is 0 Å². The summed E-state index contributed by atoms with van der Waals surface area (Å²) >= 11 is 0. The number of amides is 1. The zero-order chi connectivity index (χ0) is 25.0. The van der Waals surface area contributed by atoms with E-state index in [1.165, 1.54) is 0 Å². The van der Waals surface area contributed by atoms with Crippen LogP contribution in [-0.2, 0) is 16.6 Å². The fourth-order valence-electron chi connectivity index (χ4n) is 4.17. The van der Waals surface area contributed by atoms with Crippen LogP contribution in [0.1, 0.15) is 31.5 Å². The number of ether oxygens (including phenoxy) is 2. The molecule has 0 spiro atoms. The summed E-state index contributed by atoms with van der Waals surface area (Å²) in [6, 6.07) is 6.91. The summed E-state index contributed by atoms with van der Waals surface area (Å²) in [6.07, 6.45) is 4.95. The van der Waals surface area contributed by atoms with E-state index in [9.17, 15) is 4.79 Å². The largest absolute Gasteiger partial charge is 0.491 e. The fourth-order valence-corrected chi connectivity index (χ4v) is 4.17. The van der Waals surface area contributed by atoms with Crippen LogP contribution in [0.25, 0.3) is 11.5 Å². The number of likely N-dealkylation sites (N-methyl/N-ethyl adjacent to an activating group) is 1. The second kappa shape index (κ2) is 10.2. The smallest absolute Gasteiger partial charge is 0.243 e. The Hall–Kier alpha value is -3.79. The first-order valence-corrected chi connectivity index (χ1v) is 11.4. The number of nitrogens with one attached hydrogen (secondary N) is 1. The van der Waals surface area contributed by atoms with Gasteiger partial charge in [0.1, 0.15) is 23.9 Å². The number of carbonyl (C=O) groups is 1. The third kappa shape index (κ3) is 5.48. The number of aromatic nitrogens is 4. The molecular weight excluding hydrogens is 448 g/mol. The van der Waals surface area contributed by atoms with E-state index in [0.29, 0.717) is 34.7 Å². The molecule has 10 heteroatoms. The molecule has 0 fully saturated rings. The molecule has 0 aromatic carbocycles. The molecule has 184 valence electrons. The first kappa shape index (κ1) is 24.3. The van der Waals surface area contributed by atoms with Crippen molar-refractivity contribution in [2.24, 2.45) is 0 Å². The van der Waals surface area contributed by atoms with Crippen molar-refractivity contribution < 1.29 is 19.4 Å². The summed E-state index contributed by atoms with van der Waals surface area (Å²) in [5.41, 5.74) is 3.05. The molecule has 0 atom stereocenters. The molecule has 0 radical (unpaired) electrons. The van der Waals surface area contributed by atoms with Gasteiger partial charge in [0.05, 0.1) is 37.8 Å². The Labute approximate surface area is 204 Å². The molecule has 4 rings (SSSR count). The normalized spacial score (nSPS) is 13.7. The van der Waals surface area contributed by atoms with Gasteiger partial charge in [0.2, 0.25) is 11.8 Å². The number of hydrogen-bond acceptors (Lipinski definition) is 9. The Morgan fingerprint density at radius 3 is 2.77 bits per heavy atom. The molecule has 3 aromatic rings. The SMILES string of the molecule is COc1ccc(NC(=O)CN(C)c2nc(-c3cc(OCCO)ccn3)nc3c2C(C)(C)CC3)cn1. The molecule has 0 unspecified atom stereocenters. The van der Waals surface area contributed by atoms with Crippen molar-refractivity contribution >= 4 is 17.4 Å². The van der Waals surface area contributed by atoms with E-state index in [0.717, 1.165) is 24.1 Å². The van der Waals surface area contributed by atoms with Gasteiger partial charge in [0.25, 0.3) is 0 Å². The van der Waals surface area contributed by atoms with Gasteiger partial charge >= 0.3 is 0 Å². The second-order valence-electron chi connectivity index (χ2n) is 9.02. The number of pyridine rings is 2. The maximum Gasteiger partial charge on any atom is 0.243 e. The summed E-state index contributed by atoms with van der Waals surface area (Å²) in [5.74, 6) is 2.04. The van der Waals surface area contributed by atoms with Gasteiger partial charge in [-0.05, 0) is 30.4 Å². The van der Waals surface area contributed by atoms with Gasteiger partial charge in [-0.25, -0.2) is 15.0 Å². The zero-order valence-corrected chi connectivity index (χ0v) is 20.4. The molecule has 3 aromatic heterocycles. The summed E-state index contributed by atoms with van der Waals surface area (Å²) in [7, 11) is 3.39. The number of aliphatic hydroxyl groups is 1. The van der Waals surface area contributed by atoms with Crippen molar-refractivity contribution in [1.82, 2.24) is 19.9 Å². The number of fused-ring (bicyclic) bond motifs is 1. The molecule has 0 saturated carbocycles. The lowest BCUT2D eigenvalue weighted by Crippen LogP contribution is -2.33. The van der Waals surface area contributed by atoms with E-state index >= 15 is 0 Å². The minimum Gasteiger partial charge on any atom is -0.491 e. The van der Waals surface area contributed by atoms with Gasteiger partial charge in [-0.2, -0.15) is 0 Å². The topological polar surface area (TPSA) is 123 Å². The van der Waals surface area contributed by atoms with Crippen LogP contribution < -0.4 is 19.7 Å². The highest BCUT2D eigenvalue weighted by Crippen LogP contribution is 2.43. The minimum absolute atomic E-state index is 0.0777. The van der Waals surface area contributed by atoms with Crippen LogP contribution in [0.3, 0.4) is 0 Å². The van der Waals surface area contributed by atoms with Crippen LogP contribution in [0.5, 0.6) is 11.6 Å². The lowest BCUT2D eigenvalue weighted by Gasteiger charge is -2.27. The molecule has 10 nitrogen and oxygen atoms in total. The van der Waals surface area contributed by atoms with Crippen LogP contribution in [0.2, 0.25) is 0 Å². The standard InChI is InChI=1S/C25H30N6O4/c1-25(2)9-7-18-22(25)24(30-23(29-18)19-13-17(8-10-26-19)35-12-11-32)31(3)15-20(33)28-16-5-6-21(34-4)27-14-16/h5-6,8,10,13-14,32H,7,9,11-12,15H2,1-4H3,(H,28,33). The highest BCUT2D eigenvalue weighted by Gasteiger charge is 2.36. The average molecular weight is 479 g/mol. The van der Waals surface area contributed by atoms with Gasteiger partial charge in [-0.3, -0.25) is 9.78 Å². The molecular formula is C25H30N6O4. The number of aryl methyl sites for hydroxylation is 1. The Morgan fingerprint density at radius 1 is 1.23 bits per heavy atom. The highest BCUT2D eigenvalue weighted by atomic mass is 16.5. The number of nitrogens with zero attached hydrogens (tertiary/aromatic N) is 5. The van der Waals surface area contributed by atoms with E-state index in [4.69, 9.17) is 24.5 Å².